The minimum atomic E-state index is -0.296. The Morgan fingerprint density at radius 1 is 1.04 bits per heavy atom. The molecule has 2 heterocycles. The minimum absolute atomic E-state index is 0.214. The van der Waals surface area contributed by atoms with Crippen molar-refractivity contribution in [1.29, 1.82) is 5.26 Å². The maximum atomic E-state index is 11.1. The van der Waals surface area contributed by atoms with Gasteiger partial charge in [-0.2, -0.15) is 5.26 Å². The summed E-state index contributed by atoms with van der Waals surface area (Å²) in [5.74, 6) is 2.05. The first kappa shape index (κ1) is 36.5. The Balaban J connectivity index is 1.19. The number of nitrogens with zero attached hydrogens (tertiary/aromatic N) is 3. The number of pyridine rings is 1. The van der Waals surface area contributed by atoms with Crippen LogP contribution in [-0.2, 0) is 24.4 Å². The standard InChI is InChI=1S/C40H43Cl2N5O4/c1-47-15-13-26(23-47)24-49-36-9-5-8-33(40(36)42)30-6-4-7-32-31(30)11-12-35(32)51-38-18-37(50-25-28-16-27(19-43)20-46-21-28)29(17-34(38)41)22-45-14-3-2-10-39(44)48/h4-9,16-18,20-21,26,35,45H,2-3,10-15,22-25H2,1H3,(H2,44,48)/t26?,35-/m0/s1. The lowest BCUT2D eigenvalue weighted by molar-refractivity contribution is -0.118. The molecule has 0 spiro atoms. The number of aromatic nitrogens is 1. The lowest BCUT2D eigenvalue weighted by atomic mass is 9.96. The number of carbonyl (C=O) groups is 1. The molecule has 1 amide bonds. The third-order valence-corrected chi connectivity index (χ3v) is 10.2. The van der Waals surface area contributed by atoms with Gasteiger partial charge in [0.2, 0.25) is 5.91 Å². The van der Waals surface area contributed by atoms with E-state index < -0.39 is 0 Å². The van der Waals surface area contributed by atoms with Crippen LogP contribution in [0.1, 0.15) is 66.0 Å². The molecule has 6 rings (SSSR count). The topological polar surface area (TPSA) is 123 Å². The molecule has 0 radical (unpaired) electrons. The van der Waals surface area contributed by atoms with Crippen molar-refractivity contribution in [2.45, 2.75) is 57.8 Å². The van der Waals surface area contributed by atoms with E-state index in [-0.39, 0.29) is 18.6 Å². The second-order valence-electron chi connectivity index (χ2n) is 13.3. The summed E-state index contributed by atoms with van der Waals surface area (Å²) in [5.41, 5.74) is 11.7. The average Bonchev–Trinajstić information content (AvgIpc) is 3.75. The number of rotatable bonds is 16. The molecule has 2 aliphatic rings. The Morgan fingerprint density at radius 2 is 1.88 bits per heavy atom. The number of likely N-dealkylation sites (tertiary alicyclic amines) is 1. The van der Waals surface area contributed by atoms with E-state index in [1.54, 1.807) is 12.3 Å². The fourth-order valence-electron chi connectivity index (χ4n) is 6.84. The number of nitrogens with two attached hydrogens (primary N) is 1. The zero-order valence-corrected chi connectivity index (χ0v) is 30.3. The molecule has 0 bridgehead atoms. The number of hydrogen-bond acceptors (Lipinski definition) is 8. The second kappa shape index (κ2) is 17.3. The zero-order chi connectivity index (χ0) is 35.7. The first-order chi connectivity index (χ1) is 24.8. The molecular weight excluding hydrogens is 685 g/mol. The molecule has 266 valence electrons. The molecule has 1 aliphatic heterocycles. The van der Waals surface area contributed by atoms with Crippen molar-refractivity contribution in [3.8, 4) is 34.4 Å². The third kappa shape index (κ3) is 9.32. The number of fused-ring (bicyclic) bond motifs is 1. The maximum Gasteiger partial charge on any atom is 0.217 e. The smallest absolute Gasteiger partial charge is 0.217 e. The highest BCUT2D eigenvalue weighted by Crippen LogP contribution is 2.45. The Morgan fingerprint density at radius 3 is 2.69 bits per heavy atom. The van der Waals surface area contributed by atoms with Gasteiger partial charge in [0.15, 0.2) is 0 Å². The van der Waals surface area contributed by atoms with Crippen LogP contribution < -0.4 is 25.3 Å². The number of benzene rings is 3. The molecule has 3 aromatic carbocycles. The summed E-state index contributed by atoms with van der Waals surface area (Å²) in [4.78, 5) is 17.6. The van der Waals surface area contributed by atoms with Crippen molar-refractivity contribution >= 4 is 29.1 Å². The Labute approximate surface area is 309 Å². The van der Waals surface area contributed by atoms with Crippen LogP contribution in [-0.4, -0.2) is 49.1 Å². The number of unbranched alkanes of at least 4 members (excludes halogenated alkanes) is 1. The molecule has 1 unspecified atom stereocenters. The molecule has 1 saturated heterocycles. The second-order valence-corrected chi connectivity index (χ2v) is 14.1. The van der Waals surface area contributed by atoms with Crippen LogP contribution in [0.3, 0.4) is 0 Å². The van der Waals surface area contributed by atoms with Gasteiger partial charge in [-0.05, 0) is 87.1 Å². The van der Waals surface area contributed by atoms with Crippen molar-refractivity contribution < 1.29 is 19.0 Å². The van der Waals surface area contributed by atoms with Crippen LogP contribution in [0.2, 0.25) is 10.0 Å². The van der Waals surface area contributed by atoms with Gasteiger partial charge in [0.1, 0.15) is 36.0 Å². The van der Waals surface area contributed by atoms with Gasteiger partial charge in [-0.1, -0.05) is 53.5 Å². The molecule has 2 atom stereocenters. The van der Waals surface area contributed by atoms with Gasteiger partial charge in [-0.15, -0.1) is 0 Å². The summed E-state index contributed by atoms with van der Waals surface area (Å²) in [6.45, 7) is 4.20. The summed E-state index contributed by atoms with van der Waals surface area (Å²) in [7, 11) is 2.14. The summed E-state index contributed by atoms with van der Waals surface area (Å²) in [5, 5.41) is 13.8. The number of nitriles is 1. The van der Waals surface area contributed by atoms with Crippen molar-refractivity contribution in [1.82, 2.24) is 15.2 Å². The van der Waals surface area contributed by atoms with Gasteiger partial charge in [-0.25, -0.2) is 0 Å². The largest absolute Gasteiger partial charge is 0.492 e. The first-order valence-electron chi connectivity index (χ1n) is 17.5. The van der Waals surface area contributed by atoms with Gasteiger partial charge in [0.05, 0.1) is 22.2 Å². The van der Waals surface area contributed by atoms with Crippen LogP contribution in [0.4, 0.5) is 0 Å². The van der Waals surface area contributed by atoms with Crippen molar-refractivity contribution in [2.24, 2.45) is 11.7 Å². The highest BCUT2D eigenvalue weighted by Gasteiger charge is 2.29. The van der Waals surface area contributed by atoms with E-state index in [2.05, 4.69) is 46.5 Å². The first-order valence-corrected chi connectivity index (χ1v) is 18.2. The van der Waals surface area contributed by atoms with Gasteiger partial charge >= 0.3 is 0 Å². The van der Waals surface area contributed by atoms with Crippen LogP contribution in [0.25, 0.3) is 11.1 Å². The highest BCUT2D eigenvalue weighted by molar-refractivity contribution is 6.35. The van der Waals surface area contributed by atoms with E-state index in [1.165, 1.54) is 11.8 Å². The van der Waals surface area contributed by atoms with E-state index in [0.717, 1.165) is 73.0 Å². The van der Waals surface area contributed by atoms with Crippen molar-refractivity contribution in [3.05, 3.63) is 105 Å². The molecule has 1 aliphatic carbocycles. The molecule has 1 fully saturated rings. The van der Waals surface area contributed by atoms with E-state index in [0.29, 0.717) is 64.9 Å². The van der Waals surface area contributed by atoms with Crippen LogP contribution in [0.15, 0.2) is 67.0 Å². The van der Waals surface area contributed by atoms with Crippen LogP contribution in [0.5, 0.6) is 17.2 Å². The number of primary amides is 1. The monoisotopic (exact) mass is 727 g/mol. The molecule has 9 nitrogen and oxygen atoms in total. The van der Waals surface area contributed by atoms with Gasteiger partial charge in [0.25, 0.3) is 0 Å². The molecule has 51 heavy (non-hydrogen) atoms. The summed E-state index contributed by atoms with van der Waals surface area (Å²) in [6, 6.07) is 19.9. The van der Waals surface area contributed by atoms with Gasteiger partial charge < -0.3 is 30.2 Å². The molecular formula is C40H43Cl2N5O4. The van der Waals surface area contributed by atoms with Gasteiger partial charge in [0, 0.05) is 60.6 Å². The van der Waals surface area contributed by atoms with E-state index in [1.807, 2.05) is 30.3 Å². The minimum Gasteiger partial charge on any atom is -0.492 e. The van der Waals surface area contributed by atoms with E-state index >= 15 is 0 Å². The van der Waals surface area contributed by atoms with E-state index in [9.17, 15) is 10.1 Å². The fraction of sp³-hybridized carbons (Fsp3) is 0.375. The Kier molecular flexibility index (Phi) is 12.3. The molecule has 1 aromatic heterocycles. The van der Waals surface area contributed by atoms with Gasteiger partial charge in [-0.3, -0.25) is 9.78 Å². The number of halogens is 2. The Hall–Kier alpha value is -4.33. The quantitative estimate of drug-likeness (QED) is 0.113. The molecule has 4 aromatic rings. The third-order valence-electron chi connectivity index (χ3n) is 9.48. The molecule has 11 heteroatoms. The SMILES string of the molecule is CN1CCC(COc2cccc(-c3cccc4c3CC[C@@H]4Oc3cc(OCc4cncc(C#N)c4)c(CNCCCCC(N)=O)cc3Cl)c2Cl)C1. The number of carbonyl (C=O) groups excluding carboxylic acids is 1. The Bertz CT molecular complexity index is 1900. The highest BCUT2D eigenvalue weighted by atomic mass is 35.5. The number of nitrogens with one attached hydrogen (secondary N) is 1. The number of hydrogen-bond donors (Lipinski definition) is 2. The number of ether oxygens (including phenoxy) is 3. The number of amides is 1. The summed E-state index contributed by atoms with van der Waals surface area (Å²) in [6.07, 6.45) is 7.61. The van der Waals surface area contributed by atoms with E-state index in [4.69, 9.17) is 43.1 Å². The lowest BCUT2D eigenvalue weighted by Crippen LogP contribution is -2.18. The van der Waals surface area contributed by atoms with Crippen LogP contribution >= 0.6 is 23.2 Å². The molecule has 3 N–H and O–H groups in total. The van der Waals surface area contributed by atoms with Crippen molar-refractivity contribution in [2.75, 3.05) is 33.3 Å². The molecule has 0 saturated carbocycles. The van der Waals surface area contributed by atoms with Crippen molar-refractivity contribution in [3.63, 3.8) is 0 Å². The fourth-order valence-corrected chi connectivity index (χ4v) is 7.36. The average molecular weight is 729 g/mol. The maximum absolute atomic E-state index is 11.1. The predicted molar refractivity (Wildman–Crippen MR) is 199 cm³/mol. The lowest BCUT2D eigenvalue weighted by Gasteiger charge is -2.20. The van der Waals surface area contributed by atoms with Crippen LogP contribution in [0, 0.1) is 17.2 Å². The summed E-state index contributed by atoms with van der Waals surface area (Å²) < 4.78 is 19.2. The predicted octanol–water partition coefficient (Wildman–Crippen LogP) is 7.65. The summed E-state index contributed by atoms with van der Waals surface area (Å²) >= 11 is 13.9. The normalized spacial score (nSPS) is 16.8. The zero-order valence-electron chi connectivity index (χ0n) is 28.8.